The van der Waals surface area contributed by atoms with Crippen molar-refractivity contribution in [2.75, 3.05) is 11.9 Å². The van der Waals surface area contributed by atoms with Crippen LogP contribution in [0.1, 0.15) is 47.7 Å². The second kappa shape index (κ2) is 15.7. The molecule has 1 fully saturated rings. The summed E-state index contributed by atoms with van der Waals surface area (Å²) in [6.07, 6.45) is -0.844. The van der Waals surface area contributed by atoms with Gasteiger partial charge in [-0.25, -0.2) is 18.5 Å². The molecule has 7 nitrogen and oxygen atoms in total. The molecule has 264 valence electrons. The maximum Gasteiger partial charge on any atom is 0.417 e. The van der Waals surface area contributed by atoms with E-state index >= 15 is 4.39 Å². The first-order valence-corrected chi connectivity index (χ1v) is 23.8. The molecular formula is C39H46F2N2O5Si2. The number of benzene rings is 4. The number of nitrogens with zero attached hydrogens (tertiary/aromatic N) is 1. The van der Waals surface area contributed by atoms with Crippen molar-refractivity contribution in [2.24, 2.45) is 5.92 Å². The number of halogens is 2. The number of carbonyl (C=O) groups excluding carboxylic acids is 2. The van der Waals surface area contributed by atoms with Crippen LogP contribution in [0, 0.1) is 17.6 Å². The van der Waals surface area contributed by atoms with Crippen molar-refractivity contribution in [2.45, 2.75) is 70.3 Å². The molecule has 1 aliphatic heterocycles. The van der Waals surface area contributed by atoms with Gasteiger partial charge < -0.3 is 18.9 Å². The monoisotopic (exact) mass is 716 g/mol. The van der Waals surface area contributed by atoms with E-state index in [0.717, 1.165) is 11.1 Å². The van der Waals surface area contributed by atoms with Crippen LogP contribution in [0.5, 0.6) is 5.75 Å². The van der Waals surface area contributed by atoms with E-state index in [4.69, 9.17) is 13.6 Å². The van der Waals surface area contributed by atoms with Gasteiger partial charge in [-0.2, -0.15) is 0 Å². The van der Waals surface area contributed by atoms with Gasteiger partial charge in [-0.3, -0.25) is 4.79 Å². The molecule has 0 aromatic heterocycles. The van der Waals surface area contributed by atoms with Gasteiger partial charge in [-0.05, 0) is 106 Å². The number of rotatable bonds is 14. The minimum atomic E-state index is -2.20. The van der Waals surface area contributed by atoms with E-state index in [1.54, 1.807) is 30.3 Å². The molecule has 2 amide bonds. The molecule has 5 rings (SSSR count). The van der Waals surface area contributed by atoms with Gasteiger partial charge in [0.1, 0.15) is 30.0 Å². The van der Waals surface area contributed by atoms with Crippen molar-refractivity contribution in [1.29, 1.82) is 0 Å². The molecule has 4 atom stereocenters. The predicted molar refractivity (Wildman–Crippen MR) is 197 cm³/mol. The molecule has 0 radical (unpaired) electrons. The highest BCUT2D eigenvalue weighted by molar-refractivity contribution is 6.70. The highest BCUT2D eigenvalue weighted by Crippen LogP contribution is 2.39. The minimum absolute atomic E-state index is 0.0245. The molecular weight excluding hydrogens is 671 g/mol. The second-order valence-electron chi connectivity index (χ2n) is 14.5. The average molecular weight is 717 g/mol. The maximum atomic E-state index is 15.3. The Labute approximate surface area is 295 Å². The molecule has 4 aromatic rings. The van der Waals surface area contributed by atoms with Crippen LogP contribution in [0.2, 0.25) is 39.3 Å². The number of hydrogen-bond donors (Lipinski definition) is 1. The summed E-state index contributed by atoms with van der Waals surface area (Å²) in [4.78, 5) is 29.5. The molecule has 1 heterocycles. The zero-order valence-corrected chi connectivity index (χ0v) is 31.5. The highest BCUT2D eigenvalue weighted by Gasteiger charge is 2.44. The third-order valence-electron chi connectivity index (χ3n) is 8.33. The van der Waals surface area contributed by atoms with Gasteiger partial charge in [0.05, 0.1) is 18.1 Å². The number of cyclic esters (lactones) is 1. The maximum absolute atomic E-state index is 15.3. The molecule has 11 heteroatoms. The van der Waals surface area contributed by atoms with Crippen LogP contribution in [0.15, 0.2) is 103 Å². The average Bonchev–Trinajstić information content (AvgIpc) is 3.45. The molecule has 4 aromatic carbocycles. The van der Waals surface area contributed by atoms with E-state index < -0.39 is 58.6 Å². The Morgan fingerprint density at radius 1 is 0.840 bits per heavy atom. The fraction of sp³-hybridized carbons (Fsp3) is 0.333. The third kappa shape index (κ3) is 9.67. The number of ether oxygens (including phenoxy) is 1. The van der Waals surface area contributed by atoms with Crippen LogP contribution >= 0.6 is 0 Å². The summed E-state index contributed by atoms with van der Waals surface area (Å²) in [7, 11) is -4.10. The molecule has 1 N–H and O–H groups in total. The van der Waals surface area contributed by atoms with E-state index in [1.807, 2.05) is 74.2 Å². The van der Waals surface area contributed by atoms with Crippen LogP contribution < -0.4 is 9.74 Å². The first-order valence-electron chi connectivity index (χ1n) is 17.0. The lowest BCUT2D eigenvalue weighted by Gasteiger charge is -2.34. The van der Waals surface area contributed by atoms with Crippen molar-refractivity contribution in [3.63, 3.8) is 0 Å². The van der Waals surface area contributed by atoms with Gasteiger partial charge in [0, 0.05) is 11.3 Å². The SMILES string of the molecule is C[Si](C)(C)Oc1ccc(C(Nc2ccc(F)cc2)C(CCC(O[Si](C)(C)C)c2ccccc2F)C(=O)N2C(=O)OC[C@@H]2c2ccccc2)cc1. The largest absolute Gasteiger partial charge is 0.544 e. The molecule has 1 saturated heterocycles. The quantitative estimate of drug-likeness (QED) is 0.131. The van der Waals surface area contributed by atoms with Crippen molar-refractivity contribution in [1.82, 2.24) is 4.90 Å². The fourth-order valence-electron chi connectivity index (χ4n) is 6.21. The highest BCUT2D eigenvalue weighted by atomic mass is 28.4. The Balaban J connectivity index is 1.59. The van der Waals surface area contributed by atoms with Gasteiger partial charge >= 0.3 is 6.09 Å². The van der Waals surface area contributed by atoms with Crippen LogP contribution in [-0.2, 0) is 14.0 Å². The van der Waals surface area contributed by atoms with Crippen LogP contribution in [0.4, 0.5) is 19.3 Å². The Bertz CT molecular complexity index is 1750. The Hall–Kier alpha value is -4.33. The summed E-state index contributed by atoms with van der Waals surface area (Å²) in [6, 6.07) is 28.0. The summed E-state index contributed by atoms with van der Waals surface area (Å²) < 4.78 is 47.5. The third-order valence-corrected chi connectivity index (χ3v) is 10.2. The fourth-order valence-corrected chi connectivity index (χ4v) is 8.15. The first-order chi connectivity index (χ1) is 23.7. The number of carbonyl (C=O) groups is 2. The summed E-state index contributed by atoms with van der Waals surface area (Å²) in [5.74, 6) is -1.37. The molecule has 1 aliphatic rings. The summed E-state index contributed by atoms with van der Waals surface area (Å²) in [5, 5.41) is 3.48. The molecule has 0 saturated carbocycles. The Kier molecular flexibility index (Phi) is 11.6. The zero-order valence-electron chi connectivity index (χ0n) is 29.5. The van der Waals surface area contributed by atoms with E-state index in [9.17, 15) is 14.0 Å². The van der Waals surface area contributed by atoms with Gasteiger partial charge in [-0.15, -0.1) is 0 Å². The molecule has 0 aliphatic carbocycles. The number of hydrogen-bond acceptors (Lipinski definition) is 6. The van der Waals surface area contributed by atoms with Gasteiger partial charge in [0.15, 0.2) is 8.32 Å². The van der Waals surface area contributed by atoms with E-state index in [2.05, 4.69) is 25.0 Å². The van der Waals surface area contributed by atoms with Crippen LogP contribution in [0.3, 0.4) is 0 Å². The summed E-state index contributed by atoms with van der Waals surface area (Å²) >= 11 is 0. The predicted octanol–water partition coefficient (Wildman–Crippen LogP) is 10.0. The van der Waals surface area contributed by atoms with Gasteiger partial charge in [0.2, 0.25) is 14.2 Å². The number of anilines is 1. The van der Waals surface area contributed by atoms with Crippen molar-refractivity contribution in [3.05, 3.63) is 131 Å². The topological polar surface area (TPSA) is 77.1 Å². The standard InChI is InChI=1S/C39H46F2N2O5Si2/c1-49(2,3)47-31-22-16-28(17-23-31)37(42-30-20-18-29(40)19-21-30)33(24-25-36(48-50(4,5)6)32-14-10-11-15-34(32)41)38(44)43-35(26-46-39(43)45)27-12-8-7-9-13-27/h7-23,33,35-37,42H,24-26H2,1-6H3/t33?,35-,36?,37?/m1/s1. The van der Waals surface area contributed by atoms with Crippen molar-refractivity contribution >= 4 is 34.3 Å². The lowest BCUT2D eigenvalue weighted by atomic mass is 9.85. The second-order valence-corrected chi connectivity index (χ2v) is 23.4. The Morgan fingerprint density at radius 3 is 2.10 bits per heavy atom. The van der Waals surface area contributed by atoms with Crippen molar-refractivity contribution < 1.29 is 32.0 Å². The van der Waals surface area contributed by atoms with E-state index in [0.29, 0.717) is 23.4 Å². The number of amides is 2. The summed E-state index contributed by atoms with van der Waals surface area (Å²) in [6.45, 7) is 12.4. The number of nitrogens with one attached hydrogen (secondary N) is 1. The Morgan fingerprint density at radius 2 is 1.48 bits per heavy atom. The van der Waals surface area contributed by atoms with Gasteiger partial charge in [-0.1, -0.05) is 60.7 Å². The molecule has 0 spiro atoms. The van der Waals surface area contributed by atoms with E-state index in [1.165, 1.54) is 23.1 Å². The van der Waals surface area contributed by atoms with Crippen molar-refractivity contribution in [3.8, 4) is 5.75 Å². The minimum Gasteiger partial charge on any atom is -0.544 e. The zero-order chi connectivity index (χ0) is 36.1. The molecule has 3 unspecified atom stereocenters. The smallest absolute Gasteiger partial charge is 0.417 e. The van der Waals surface area contributed by atoms with Crippen LogP contribution in [-0.4, -0.2) is 40.1 Å². The van der Waals surface area contributed by atoms with Gasteiger partial charge in [0.25, 0.3) is 0 Å². The lowest BCUT2D eigenvalue weighted by Crippen LogP contribution is -2.42. The summed E-state index contributed by atoms with van der Waals surface area (Å²) in [5.41, 5.74) is 2.53. The molecule has 0 bridgehead atoms. The normalized spacial score (nSPS) is 16.8. The van der Waals surface area contributed by atoms with E-state index in [-0.39, 0.29) is 18.8 Å². The lowest BCUT2D eigenvalue weighted by molar-refractivity contribution is -0.134. The first kappa shape index (κ1) is 36.9. The van der Waals surface area contributed by atoms with Crippen LogP contribution in [0.25, 0.3) is 0 Å². The number of imide groups is 1. The molecule has 50 heavy (non-hydrogen) atoms.